The smallest absolute Gasteiger partial charge is 0.336 e. The zero-order chi connectivity index (χ0) is 15.0. The summed E-state index contributed by atoms with van der Waals surface area (Å²) >= 11 is 4.81. The standard InChI is InChI=1S/C16H11BrO3S/c17-13-8-7-12(21-13)15(18)10-5-1-3-9-4-2-6-11(14(9)10)16(19)20/h1-8,15,18H,(H,19,20). The van der Waals surface area contributed by atoms with E-state index in [4.69, 9.17) is 0 Å². The first-order valence-corrected chi connectivity index (χ1v) is 7.87. The third-order valence-corrected chi connectivity index (χ3v) is 5.00. The van der Waals surface area contributed by atoms with Crippen molar-refractivity contribution in [3.8, 4) is 0 Å². The second-order valence-electron chi connectivity index (χ2n) is 4.60. The van der Waals surface area contributed by atoms with E-state index in [1.54, 1.807) is 18.2 Å². The molecule has 1 aromatic heterocycles. The van der Waals surface area contributed by atoms with Gasteiger partial charge in [0.05, 0.1) is 9.35 Å². The van der Waals surface area contributed by atoms with Gasteiger partial charge in [0, 0.05) is 10.3 Å². The zero-order valence-corrected chi connectivity index (χ0v) is 13.2. The van der Waals surface area contributed by atoms with Crippen molar-refractivity contribution in [2.45, 2.75) is 6.10 Å². The first-order chi connectivity index (χ1) is 10.1. The maximum Gasteiger partial charge on any atom is 0.336 e. The highest BCUT2D eigenvalue weighted by molar-refractivity contribution is 9.11. The van der Waals surface area contributed by atoms with E-state index in [1.807, 2.05) is 30.3 Å². The van der Waals surface area contributed by atoms with Gasteiger partial charge in [0.2, 0.25) is 0 Å². The van der Waals surface area contributed by atoms with Gasteiger partial charge in [-0.15, -0.1) is 11.3 Å². The lowest BCUT2D eigenvalue weighted by Crippen LogP contribution is -2.03. The summed E-state index contributed by atoms with van der Waals surface area (Å²) in [5.74, 6) is -0.993. The Morgan fingerprint density at radius 3 is 2.43 bits per heavy atom. The van der Waals surface area contributed by atoms with E-state index in [0.29, 0.717) is 10.9 Å². The van der Waals surface area contributed by atoms with Crippen molar-refractivity contribution in [3.63, 3.8) is 0 Å². The van der Waals surface area contributed by atoms with Crippen LogP contribution in [0.25, 0.3) is 10.8 Å². The molecule has 0 bridgehead atoms. The van der Waals surface area contributed by atoms with Crippen molar-refractivity contribution in [1.29, 1.82) is 0 Å². The minimum atomic E-state index is -0.993. The van der Waals surface area contributed by atoms with Crippen molar-refractivity contribution >= 4 is 44.0 Å². The van der Waals surface area contributed by atoms with Gasteiger partial charge in [0.25, 0.3) is 0 Å². The second kappa shape index (κ2) is 5.60. The Morgan fingerprint density at radius 2 is 1.81 bits per heavy atom. The number of thiophene rings is 1. The molecule has 0 spiro atoms. The molecule has 0 amide bonds. The number of halogens is 1. The first kappa shape index (κ1) is 14.3. The zero-order valence-electron chi connectivity index (χ0n) is 10.8. The van der Waals surface area contributed by atoms with Crippen molar-refractivity contribution in [2.75, 3.05) is 0 Å². The fraction of sp³-hybridized carbons (Fsp3) is 0.0625. The Bertz CT molecular complexity index is 820. The van der Waals surface area contributed by atoms with Crippen molar-refractivity contribution in [3.05, 3.63) is 68.3 Å². The summed E-state index contributed by atoms with van der Waals surface area (Å²) < 4.78 is 0.926. The van der Waals surface area contributed by atoms with Crippen molar-refractivity contribution in [1.82, 2.24) is 0 Å². The number of hydrogen-bond acceptors (Lipinski definition) is 3. The normalized spacial score (nSPS) is 12.5. The molecule has 1 heterocycles. The van der Waals surface area contributed by atoms with Crippen LogP contribution in [-0.2, 0) is 0 Å². The van der Waals surface area contributed by atoms with Gasteiger partial charge in [-0.2, -0.15) is 0 Å². The molecule has 0 aliphatic carbocycles. The van der Waals surface area contributed by atoms with Gasteiger partial charge in [-0.25, -0.2) is 4.79 Å². The summed E-state index contributed by atoms with van der Waals surface area (Å²) in [5.41, 5.74) is 0.817. The van der Waals surface area contributed by atoms with Crippen LogP contribution in [-0.4, -0.2) is 16.2 Å². The summed E-state index contributed by atoms with van der Waals surface area (Å²) in [6.45, 7) is 0. The summed E-state index contributed by atoms with van der Waals surface area (Å²) in [5, 5.41) is 21.4. The molecule has 1 unspecified atom stereocenters. The van der Waals surface area contributed by atoms with Crippen LogP contribution in [0, 0.1) is 0 Å². The Labute approximate surface area is 133 Å². The molecule has 0 aliphatic rings. The van der Waals surface area contributed by atoms with Crippen LogP contribution in [0.1, 0.15) is 26.9 Å². The van der Waals surface area contributed by atoms with E-state index in [9.17, 15) is 15.0 Å². The average Bonchev–Trinajstić information content (AvgIpc) is 2.91. The van der Waals surface area contributed by atoms with Gasteiger partial charge in [-0.3, -0.25) is 0 Å². The number of aliphatic hydroxyl groups excluding tert-OH is 1. The van der Waals surface area contributed by atoms with E-state index in [0.717, 1.165) is 14.0 Å². The Hall–Kier alpha value is -1.69. The van der Waals surface area contributed by atoms with E-state index >= 15 is 0 Å². The second-order valence-corrected chi connectivity index (χ2v) is 7.10. The Kier molecular flexibility index (Phi) is 3.80. The predicted molar refractivity (Wildman–Crippen MR) is 87.0 cm³/mol. The number of aliphatic hydroxyl groups is 1. The molecule has 2 N–H and O–H groups in total. The molecule has 2 aromatic carbocycles. The number of carboxylic acids is 1. The highest BCUT2D eigenvalue weighted by atomic mass is 79.9. The molecular formula is C16H11BrO3S. The summed E-state index contributed by atoms with van der Waals surface area (Å²) in [6, 6.07) is 14.3. The minimum Gasteiger partial charge on any atom is -0.478 e. The highest BCUT2D eigenvalue weighted by Crippen LogP contribution is 2.35. The lowest BCUT2D eigenvalue weighted by atomic mass is 9.95. The quantitative estimate of drug-likeness (QED) is 0.723. The Morgan fingerprint density at radius 1 is 1.10 bits per heavy atom. The van der Waals surface area contributed by atoms with Crippen LogP contribution in [0.3, 0.4) is 0 Å². The van der Waals surface area contributed by atoms with Gasteiger partial charge in [0.15, 0.2) is 0 Å². The van der Waals surface area contributed by atoms with Crippen LogP contribution in [0.5, 0.6) is 0 Å². The minimum absolute atomic E-state index is 0.206. The molecule has 5 heteroatoms. The number of rotatable bonds is 3. The molecule has 3 aromatic rings. The molecule has 106 valence electrons. The molecular weight excluding hydrogens is 352 g/mol. The lowest BCUT2D eigenvalue weighted by Gasteiger charge is -2.14. The Balaban J connectivity index is 2.25. The maximum absolute atomic E-state index is 11.4. The molecule has 3 nitrogen and oxygen atoms in total. The number of hydrogen-bond donors (Lipinski definition) is 2. The molecule has 21 heavy (non-hydrogen) atoms. The third-order valence-electron chi connectivity index (χ3n) is 3.33. The van der Waals surface area contributed by atoms with Crippen molar-refractivity contribution in [2.24, 2.45) is 0 Å². The fourth-order valence-corrected chi connectivity index (χ4v) is 3.83. The molecule has 3 rings (SSSR count). The topological polar surface area (TPSA) is 57.5 Å². The van der Waals surface area contributed by atoms with Crippen LogP contribution in [0.4, 0.5) is 0 Å². The molecule has 0 fully saturated rings. The lowest BCUT2D eigenvalue weighted by molar-refractivity contribution is 0.0699. The molecule has 0 aliphatic heterocycles. The number of aromatic carboxylic acids is 1. The van der Waals surface area contributed by atoms with Crippen LogP contribution < -0.4 is 0 Å². The summed E-state index contributed by atoms with van der Waals surface area (Å²) in [4.78, 5) is 12.2. The summed E-state index contributed by atoms with van der Waals surface area (Å²) in [6.07, 6.45) is -0.842. The van der Waals surface area contributed by atoms with Gasteiger partial charge >= 0.3 is 5.97 Å². The SMILES string of the molecule is O=C(O)c1cccc2cccc(C(O)c3ccc(Br)s3)c12. The van der Waals surface area contributed by atoms with Crippen LogP contribution >= 0.6 is 27.3 Å². The largest absolute Gasteiger partial charge is 0.478 e. The van der Waals surface area contributed by atoms with Gasteiger partial charge in [0.1, 0.15) is 6.10 Å². The average molecular weight is 363 g/mol. The molecule has 0 saturated heterocycles. The molecule has 0 radical (unpaired) electrons. The van der Waals surface area contributed by atoms with Gasteiger partial charge in [-0.05, 0) is 45.1 Å². The number of fused-ring (bicyclic) bond motifs is 1. The highest BCUT2D eigenvalue weighted by Gasteiger charge is 2.19. The monoisotopic (exact) mass is 362 g/mol. The molecule has 0 saturated carbocycles. The molecule has 1 atom stereocenters. The fourth-order valence-electron chi connectivity index (χ4n) is 2.40. The van der Waals surface area contributed by atoms with Crippen LogP contribution in [0.15, 0.2) is 52.3 Å². The first-order valence-electron chi connectivity index (χ1n) is 6.26. The van der Waals surface area contributed by atoms with E-state index in [-0.39, 0.29) is 5.56 Å². The van der Waals surface area contributed by atoms with Gasteiger partial charge < -0.3 is 10.2 Å². The van der Waals surface area contributed by atoms with E-state index in [1.165, 1.54) is 11.3 Å². The number of benzene rings is 2. The van der Waals surface area contributed by atoms with E-state index < -0.39 is 12.1 Å². The van der Waals surface area contributed by atoms with Crippen molar-refractivity contribution < 1.29 is 15.0 Å². The maximum atomic E-state index is 11.4. The van der Waals surface area contributed by atoms with Gasteiger partial charge in [-0.1, -0.05) is 30.3 Å². The third kappa shape index (κ3) is 2.60. The van der Waals surface area contributed by atoms with E-state index in [2.05, 4.69) is 15.9 Å². The summed E-state index contributed by atoms with van der Waals surface area (Å²) in [7, 11) is 0. The number of carboxylic acid groups (broad SMARTS) is 1. The van der Waals surface area contributed by atoms with Crippen LogP contribution in [0.2, 0.25) is 0 Å². The predicted octanol–water partition coefficient (Wildman–Crippen LogP) is 4.44. The number of carbonyl (C=O) groups is 1.